The summed E-state index contributed by atoms with van der Waals surface area (Å²) in [6, 6.07) is 8.90. The number of ether oxygens (including phenoxy) is 1. The van der Waals surface area contributed by atoms with E-state index in [1.165, 1.54) is 68.4 Å². The molecule has 0 aliphatic carbocycles. The largest absolute Gasteiger partial charge is 0.379 e. The van der Waals surface area contributed by atoms with Crippen LogP contribution in [0, 0.1) is 11.5 Å². The van der Waals surface area contributed by atoms with Crippen LogP contribution in [-0.4, -0.2) is 32.3 Å². The maximum atomic E-state index is 5.57. The molecule has 1 rings (SSSR count). The minimum atomic E-state index is -1.28. The van der Waals surface area contributed by atoms with Crippen LogP contribution < -0.4 is 0 Å². The second-order valence-electron chi connectivity index (χ2n) is 8.95. The highest BCUT2D eigenvalue weighted by molar-refractivity contribution is 7.99. The highest BCUT2D eigenvalue weighted by atomic mass is 32.2. The number of rotatable bonds is 14. The Bertz CT molecular complexity index is 563. The van der Waals surface area contributed by atoms with Crippen molar-refractivity contribution in [2.45, 2.75) is 91.0 Å². The van der Waals surface area contributed by atoms with E-state index in [0.29, 0.717) is 6.10 Å². The van der Waals surface area contributed by atoms with E-state index in [9.17, 15) is 0 Å². The second kappa shape index (κ2) is 15.2. The van der Waals surface area contributed by atoms with Crippen LogP contribution in [-0.2, 0) is 11.2 Å². The Morgan fingerprint density at radius 3 is 2.11 bits per heavy atom. The first-order chi connectivity index (χ1) is 13.4. The van der Waals surface area contributed by atoms with Crippen molar-refractivity contribution >= 4 is 19.8 Å². The molecule has 0 saturated heterocycles. The fourth-order valence-corrected chi connectivity index (χ4v) is 4.29. The Labute approximate surface area is 180 Å². The Balaban J connectivity index is 1.97. The number of unbranched alkanes of at least 4 members (excludes halogenated alkanes) is 5. The zero-order chi connectivity index (χ0) is 20.7. The quantitative estimate of drug-likeness (QED) is 0.177. The van der Waals surface area contributed by atoms with Gasteiger partial charge in [0.15, 0.2) is 0 Å². The third kappa shape index (κ3) is 15.3. The lowest BCUT2D eigenvalue weighted by atomic mass is 10.0. The molecule has 1 nitrogen and oxygen atoms in total. The van der Waals surface area contributed by atoms with Crippen molar-refractivity contribution in [3.63, 3.8) is 0 Å². The average Bonchev–Trinajstić information content (AvgIpc) is 2.64. The summed E-state index contributed by atoms with van der Waals surface area (Å²) in [5, 5.41) is 0. The van der Waals surface area contributed by atoms with E-state index in [-0.39, 0.29) is 0 Å². The standard InChI is InChI=1S/C25H42OSSi/c1-23(2)26-19-12-21-27-20-11-9-7-6-8-10-13-24-14-16-25(17-15-24)18-22-28(3,4)5/h14-17,23H,6-13,19-21H2,1-5H3. The summed E-state index contributed by atoms with van der Waals surface area (Å²) < 4.78 is 5.57. The molecule has 28 heavy (non-hydrogen) atoms. The van der Waals surface area contributed by atoms with Crippen LogP contribution in [0.15, 0.2) is 24.3 Å². The number of thioether (sulfide) groups is 1. The predicted molar refractivity (Wildman–Crippen MR) is 131 cm³/mol. The van der Waals surface area contributed by atoms with Crippen molar-refractivity contribution in [1.29, 1.82) is 0 Å². The molecule has 1 aromatic rings. The van der Waals surface area contributed by atoms with Crippen LogP contribution in [0.1, 0.15) is 69.9 Å². The molecule has 0 amide bonds. The monoisotopic (exact) mass is 418 g/mol. The Hall–Kier alpha value is -0.693. The van der Waals surface area contributed by atoms with Gasteiger partial charge in [0.2, 0.25) is 0 Å². The van der Waals surface area contributed by atoms with E-state index < -0.39 is 8.07 Å². The first-order valence-corrected chi connectivity index (χ1v) is 15.8. The smallest absolute Gasteiger partial charge is 0.129 e. The topological polar surface area (TPSA) is 9.23 Å². The maximum absolute atomic E-state index is 5.57. The Morgan fingerprint density at radius 1 is 0.857 bits per heavy atom. The average molecular weight is 419 g/mol. The van der Waals surface area contributed by atoms with E-state index in [4.69, 9.17) is 4.74 Å². The number of hydrogen-bond donors (Lipinski definition) is 0. The van der Waals surface area contributed by atoms with E-state index in [2.05, 4.69) is 81.0 Å². The molecule has 0 spiro atoms. The van der Waals surface area contributed by atoms with Crippen molar-refractivity contribution in [1.82, 2.24) is 0 Å². The summed E-state index contributed by atoms with van der Waals surface area (Å²) in [6.45, 7) is 12.0. The fraction of sp³-hybridized carbons (Fsp3) is 0.680. The van der Waals surface area contributed by atoms with Crippen LogP contribution in [0.3, 0.4) is 0 Å². The molecule has 0 atom stereocenters. The molecule has 0 bridgehead atoms. The van der Waals surface area contributed by atoms with Gasteiger partial charge >= 0.3 is 0 Å². The van der Waals surface area contributed by atoms with Crippen molar-refractivity contribution < 1.29 is 4.74 Å². The lowest BCUT2D eigenvalue weighted by Crippen LogP contribution is -2.16. The fourth-order valence-electron chi connectivity index (χ4n) is 2.84. The number of hydrogen-bond acceptors (Lipinski definition) is 2. The van der Waals surface area contributed by atoms with Gasteiger partial charge in [-0.2, -0.15) is 11.8 Å². The van der Waals surface area contributed by atoms with Gasteiger partial charge < -0.3 is 4.74 Å². The molecule has 1 aromatic carbocycles. The van der Waals surface area contributed by atoms with E-state index in [1.807, 2.05) is 0 Å². The molecule has 0 aliphatic rings. The van der Waals surface area contributed by atoms with Gasteiger partial charge in [-0.05, 0) is 68.7 Å². The molecule has 0 aromatic heterocycles. The van der Waals surface area contributed by atoms with Gasteiger partial charge in [0.05, 0.1) is 6.10 Å². The van der Waals surface area contributed by atoms with Gasteiger partial charge in [-0.15, -0.1) is 5.54 Å². The zero-order valence-corrected chi connectivity index (χ0v) is 20.8. The molecular weight excluding hydrogens is 376 g/mol. The SMILES string of the molecule is CC(C)OCCCSCCCCCCCCc1ccc(C#C[Si](C)(C)C)cc1. The number of aryl methyl sites for hydroxylation is 1. The molecule has 0 saturated carbocycles. The van der Waals surface area contributed by atoms with Crippen LogP contribution in [0.5, 0.6) is 0 Å². The molecule has 0 radical (unpaired) electrons. The first-order valence-electron chi connectivity index (χ1n) is 11.2. The Kier molecular flexibility index (Phi) is 13.7. The van der Waals surface area contributed by atoms with Crippen molar-refractivity contribution in [3.8, 4) is 11.5 Å². The summed E-state index contributed by atoms with van der Waals surface area (Å²) >= 11 is 2.09. The van der Waals surface area contributed by atoms with Crippen molar-refractivity contribution in [2.75, 3.05) is 18.1 Å². The zero-order valence-electron chi connectivity index (χ0n) is 19.0. The molecule has 0 fully saturated rings. The van der Waals surface area contributed by atoms with Crippen LogP contribution in [0.25, 0.3) is 0 Å². The summed E-state index contributed by atoms with van der Waals surface area (Å²) in [5.41, 5.74) is 6.06. The molecule has 158 valence electrons. The van der Waals surface area contributed by atoms with Gasteiger partial charge in [0, 0.05) is 12.2 Å². The van der Waals surface area contributed by atoms with Crippen LogP contribution in [0.2, 0.25) is 19.6 Å². The summed E-state index contributed by atoms with van der Waals surface area (Å²) in [6.07, 6.45) is 11.0. The van der Waals surface area contributed by atoms with Gasteiger partial charge in [0.25, 0.3) is 0 Å². The lowest BCUT2D eigenvalue weighted by molar-refractivity contribution is 0.0800. The maximum Gasteiger partial charge on any atom is 0.129 e. The first kappa shape index (κ1) is 25.3. The lowest BCUT2D eigenvalue weighted by Gasteiger charge is -2.07. The third-order valence-corrected chi connectivity index (χ3v) is 6.45. The van der Waals surface area contributed by atoms with Crippen molar-refractivity contribution in [3.05, 3.63) is 35.4 Å². The summed E-state index contributed by atoms with van der Waals surface area (Å²) in [5.74, 6) is 5.89. The molecular formula is C25H42OSSi. The summed E-state index contributed by atoms with van der Waals surface area (Å²) in [7, 11) is -1.28. The van der Waals surface area contributed by atoms with E-state index in [1.54, 1.807) is 0 Å². The molecule has 3 heteroatoms. The highest BCUT2D eigenvalue weighted by Gasteiger charge is 2.07. The van der Waals surface area contributed by atoms with Crippen LogP contribution >= 0.6 is 11.8 Å². The molecule has 0 N–H and O–H groups in total. The van der Waals surface area contributed by atoms with Gasteiger partial charge in [0.1, 0.15) is 8.07 Å². The highest BCUT2D eigenvalue weighted by Crippen LogP contribution is 2.13. The minimum absolute atomic E-state index is 0.374. The van der Waals surface area contributed by atoms with E-state index in [0.717, 1.165) is 12.2 Å². The van der Waals surface area contributed by atoms with Crippen LogP contribution in [0.4, 0.5) is 0 Å². The minimum Gasteiger partial charge on any atom is -0.379 e. The predicted octanol–water partition coefficient (Wildman–Crippen LogP) is 7.35. The Morgan fingerprint density at radius 2 is 1.46 bits per heavy atom. The summed E-state index contributed by atoms with van der Waals surface area (Å²) in [4.78, 5) is 0. The number of benzene rings is 1. The van der Waals surface area contributed by atoms with Crippen molar-refractivity contribution in [2.24, 2.45) is 0 Å². The van der Waals surface area contributed by atoms with Gasteiger partial charge in [-0.1, -0.05) is 63.4 Å². The normalized spacial score (nSPS) is 11.5. The third-order valence-electron chi connectivity index (χ3n) is 4.42. The molecule has 0 unspecified atom stereocenters. The van der Waals surface area contributed by atoms with Gasteiger partial charge in [-0.25, -0.2) is 0 Å². The second-order valence-corrected chi connectivity index (χ2v) is 14.9. The van der Waals surface area contributed by atoms with Gasteiger partial charge in [-0.3, -0.25) is 0 Å². The van der Waals surface area contributed by atoms with E-state index >= 15 is 0 Å². The molecule has 0 heterocycles. The molecule has 0 aliphatic heterocycles.